The van der Waals surface area contributed by atoms with Gasteiger partial charge in [-0.3, -0.25) is 9.89 Å². The van der Waals surface area contributed by atoms with Crippen molar-refractivity contribution in [3.8, 4) is 0 Å². The highest BCUT2D eigenvalue weighted by Gasteiger charge is 2.54. The lowest BCUT2D eigenvalue weighted by atomic mass is 9.67. The van der Waals surface area contributed by atoms with Crippen LogP contribution >= 0.6 is 0 Å². The number of nitrogens with zero attached hydrogens (tertiary/aromatic N) is 1. The molecule has 3 rings (SSSR count). The molecule has 4 atom stereocenters. The van der Waals surface area contributed by atoms with Crippen molar-refractivity contribution >= 4 is 5.91 Å². The Labute approximate surface area is 105 Å². The molecular formula is C12H17N3O3. The number of carbonyl (C=O) groups excluding carboxylic acids is 1. The first-order chi connectivity index (χ1) is 8.81. The third-order valence-corrected chi connectivity index (χ3v) is 3.95. The van der Waals surface area contributed by atoms with Gasteiger partial charge >= 0.3 is 0 Å². The van der Waals surface area contributed by atoms with Gasteiger partial charge in [0.15, 0.2) is 0 Å². The predicted octanol–water partition coefficient (Wildman–Crippen LogP) is 0.189. The van der Waals surface area contributed by atoms with Crippen molar-refractivity contribution in [3.63, 3.8) is 0 Å². The third-order valence-electron chi connectivity index (χ3n) is 3.95. The maximum atomic E-state index is 12.0. The Morgan fingerprint density at radius 2 is 2.61 bits per heavy atom. The topological polar surface area (TPSA) is 76.2 Å². The summed E-state index contributed by atoms with van der Waals surface area (Å²) in [6.45, 7) is 1.41. The fraction of sp³-hybridized carbons (Fsp3) is 0.667. The number of hydrogen-bond acceptors (Lipinski definition) is 4. The Bertz CT molecular complexity index is 420. The standard InChI is InChI=1S/C12H17N3O3/c1-17-6-9-10(8-2-3-18-11(8)9)15-12(16)7-4-13-14-5-7/h4-5,8-11H,2-3,6H2,1H3,(H,13,14)(H,15,16)/t8-,9+,10-,11-/m0/s1. The Kier molecular flexibility index (Phi) is 3.05. The van der Waals surface area contributed by atoms with Crippen LogP contribution in [-0.2, 0) is 9.47 Å². The van der Waals surface area contributed by atoms with E-state index < -0.39 is 0 Å². The summed E-state index contributed by atoms with van der Waals surface area (Å²) >= 11 is 0. The highest BCUT2D eigenvalue weighted by Crippen LogP contribution is 2.43. The molecule has 1 saturated carbocycles. The summed E-state index contributed by atoms with van der Waals surface area (Å²) in [6.07, 6.45) is 4.39. The van der Waals surface area contributed by atoms with Crippen molar-refractivity contribution in [3.05, 3.63) is 18.0 Å². The number of aromatic amines is 1. The molecule has 1 aliphatic carbocycles. The van der Waals surface area contributed by atoms with Gasteiger partial charge in [0.1, 0.15) is 0 Å². The predicted molar refractivity (Wildman–Crippen MR) is 63.1 cm³/mol. The molecule has 18 heavy (non-hydrogen) atoms. The van der Waals surface area contributed by atoms with E-state index in [1.54, 1.807) is 13.3 Å². The molecule has 98 valence electrons. The van der Waals surface area contributed by atoms with Gasteiger partial charge in [0, 0.05) is 37.8 Å². The van der Waals surface area contributed by atoms with Crippen LogP contribution < -0.4 is 5.32 Å². The van der Waals surface area contributed by atoms with E-state index in [1.165, 1.54) is 6.20 Å². The van der Waals surface area contributed by atoms with Gasteiger partial charge in [-0.2, -0.15) is 5.10 Å². The van der Waals surface area contributed by atoms with E-state index in [1.807, 2.05) is 0 Å². The van der Waals surface area contributed by atoms with E-state index in [0.29, 0.717) is 18.1 Å². The van der Waals surface area contributed by atoms with E-state index in [-0.39, 0.29) is 24.0 Å². The normalized spacial score (nSPS) is 33.8. The first-order valence-electron chi connectivity index (χ1n) is 6.21. The van der Waals surface area contributed by atoms with Crippen LogP contribution in [0.4, 0.5) is 0 Å². The van der Waals surface area contributed by atoms with Crippen LogP contribution in [0.25, 0.3) is 0 Å². The maximum absolute atomic E-state index is 12.0. The molecule has 1 aromatic heterocycles. The molecule has 6 nitrogen and oxygen atoms in total. The van der Waals surface area contributed by atoms with Crippen LogP contribution in [0.5, 0.6) is 0 Å². The summed E-state index contributed by atoms with van der Waals surface area (Å²) < 4.78 is 10.9. The molecule has 1 aliphatic heterocycles. The van der Waals surface area contributed by atoms with E-state index >= 15 is 0 Å². The fourth-order valence-corrected chi connectivity index (χ4v) is 3.04. The number of methoxy groups -OCH3 is 1. The van der Waals surface area contributed by atoms with E-state index in [0.717, 1.165) is 13.0 Å². The van der Waals surface area contributed by atoms with Crippen LogP contribution in [0.15, 0.2) is 12.4 Å². The van der Waals surface area contributed by atoms with Crippen LogP contribution in [0, 0.1) is 11.8 Å². The molecule has 1 amide bonds. The van der Waals surface area contributed by atoms with Crippen molar-refractivity contribution in [2.24, 2.45) is 11.8 Å². The molecule has 1 aromatic rings. The Hall–Kier alpha value is -1.40. The van der Waals surface area contributed by atoms with E-state index in [4.69, 9.17) is 9.47 Å². The fourth-order valence-electron chi connectivity index (χ4n) is 3.04. The number of aromatic nitrogens is 2. The summed E-state index contributed by atoms with van der Waals surface area (Å²) in [5, 5.41) is 9.49. The van der Waals surface area contributed by atoms with Crippen molar-refractivity contribution < 1.29 is 14.3 Å². The highest BCUT2D eigenvalue weighted by molar-refractivity contribution is 5.93. The number of rotatable bonds is 4. The van der Waals surface area contributed by atoms with E-state index in [9.17, 15) is 4.79 Å². The zero-order valence-electron chi connectivity index (χ0n) is 10.3. The van der Waals surface area contributed by atoms with Crippen molar-refractivity contribution in [2.45, 2.75) is 18.6 Å². The summed E-state index contributed by atoms with van der Waals surface area (Å²) in [7, 11) is 1.68. The first kappa shape index (κ1) is 11.7. The SMILES string of the molecule is COC[C@@H]1[C@@H](NC(=O)c2cn[nH]c2)[C@@H]2CCO[C@H]12. The number of ether oxygens (including phenoxy) is 2. The number of fused-ring (bicyclic) bond motifs is 1. The van der Waals surface area contributed by atoms with Crippen LogP contribution in [-0.4, -0.2) is 48.6 Å². The molecule has 6 heteroatoms. The monoisotopic (exact) mass is 251 g/mol. The van der Waals surface area contributed by atoms with Crippen LogP contribution in [0.2, 0.25) is 0 Å². The smallest absolute Gasteiger partial charge is 0.254 e. The Balaban J connectivity index is 1.66. The quantitative estimate of drug-likeness (QED) is 0.801. The third kappa shape index (κ3) is 1.81. The lowest BCUT2D eigenvalue weighted by Gasteiger charge is -2.47. The number of carbonyl (C=O) groups is 1. The van der Waals surface area contributed by atoms with Gasteiger partial charge in [-0.25, -0.2) is 0 Å². The van der Waals surface area contributed by atoms with Gasteiger partial charge in [-0.15, -0.1) is 0 Å². The van der Waals surface area contributed by atoms with Gasteiger partial charge in [0.2, 0.25) is 0 Å². The molecule has 1 saturated heterocycles. The molecule has 0 radical (unpaired) electrons. The zero-order valence-corrected chi connectivity index (χ0v) is 10.3. The number of amides is 1. The summed E-state index contributed by atoms with van der Waals surface area (Å²) in [5.41, 5.74) is 0.563. The van der Waals surface area contributed by atoms with Crippen molar-refractivity contribution in [2.75, 3.05) is 20.3 Å². The average Bonchev–Trinajstić information content (AvgIpc) is 3.02. The van der Waals surface area contributed by atoms with Gasteiger partial charge in [0.25, 0.3) is 5.91 Å². The molecule has 0 bridgehead atoms. The Morgan fingerprint density at radius 1 is 1.72 bits per heavy atom. The highest BCUT2D eigenvalue weighted by atomic mass is 16.5. The van der Waals surface area contributed by atoms with E-state index in [2.05, 4.69) is 15.5 Å². The molecular weight excluding hydrogens is 234 g/mol. The second-order valence-electron chi connectivity index (χ2n) is 4.89. The molecule has 2 N–H and O–H groups in total. The van der Waals surface area contributed by atoms with Crippen LogP contribution in [0.3, 0.4) is 0 Å². The van der Waals surface area contributed by atoms with Crippen LogP contribution in [0.1, 0.15) is 16.8 Å². The van der Waals surface area contributed by atoms with Gasteiger partial charge in [0.05, 0.1) is 24.5 Å². The van der Waals surface area contributed by atoms with Gasteiger partial charge < -0.3 is 14.8 Å². The molecule has 0 unspecified atom stereocenters. The lowest BCUT2D eigenvalue weighted by Crippen LogP contribution is -2.62. The Morgan fingerprint density at radius 3 is 3.33 bits per heavy atom. The van der Waals surface area contributed by atoms with Gasteiger partial charge in [-0.1, -0.05) is 0 Å². The summed E-state index contributed by atoms with van der Waals surface area (Å²) in [5.74, 6) is 0.611. The minimum atomic E-state index is -0.0831. The minimum absolute atomic E-state index is 0.0831. The largest absolute Gasteiger partial charge is 0.384 e. The average molecular weight is 251 g/mol. The molecule has 0 aromatic carbocycles. The van der Waals surface area contributed by atoms with Crippen molar-refractivity contribution in [1.82, 2.24) is 15.5 Å². The molecule has 0 spiro atoms. The molecule has 2 aliphatic rings. The number of nitrogens with one attached hydrogen (secondary N) is 2. The minimum Gasteiger partial charge on any atom is -0.384 e. The summed E-state index contributed by atoms with van der Waals surface area (Å²) in [4.78, 5) is 12.0. The van der Waals surface area contributed by atoms with Crippen molar-refractivity contribution in [1.29, 1.82) is 0 Å². The summed E-state index contributed by atoms with van der Waals surface area (Å²) in [6, 6.07) is 0.153. The lowest BCUT2D eigenvalue weighted by molar-refractivity contribution is -0.0809. The number of H-pyrrole nitrogens is 1. The molecule has 2 fully saturated rings. The second-order valence-corrected chi connectivity index (χ2v) is 4.89. The maximum Gasteiger partial charge on any atom is 0.254 e. The first-order valence-corrected chi connectivity index (χ1v) is 6.21. The zero-order chi connectivity index (χ0) is 12.5. The second kappa shape index (κ2) is 4.70. The molecule has 2 heterocycles. The number of hydrogen-bond donors (Lipinski definition) is 2. The van der Waals surface area contributed by atoms with Gasteiger partial charge in [-0.05, 0) is 6.42 Å².